The van der Waals surface area contributed by atoms with E-state index in [1.165, 1.54) is 12.4 Å². The molecule has 44 heavy (non-hydrogen) atoms. The Balaban J connectivity index is 1.31. The van der Waals surface area contributed by atoms with Crippen LogP contribution in [0.1, 0.15) is 28.4 Å². The number of aromatic carboxylic acids is 1. The maximum absolute atomic E-state index is 12.1. The number of carboxylic acid groups (broad SMARTS) is 1. The Morgan fingerprint density at radius 3 is 2.86 bits per heavy atom. The van der Waals surface area contributed by atoms with Crippen molar-refractivity contribution in [3.8, 4) is 5.69 Å². The van der Waals surface area contributed by atoms with E-state index in [1.54, 1.807) is 23.0 Å². The molecule has 3 N–H and O–H groups in total. The van der Waals surface area contributed by atoms with Crippen molar-refractivity contribution in [2.24, 2.45) is 0 Å². The maximum atomic E-state index is 12.1. The lowest BCUT2D eigenvalue weighted by molar-refractivity contribution is -0.0928. The molecule has 0 spiro atoms. The van der Waals surface area contributed by atoms with Gasteiger partial charge in [0.25, 0.3) is 0 Å². The van der Waals surface area contributed by atoms with Crippen molar-refractivity contribution >= 4 is 46.7 Å². The number of nitrogens with one attached hydrogen (secondary N) is 2. The minimum absolute atomic E-state index is 0.0613. The summed E-state index contributed by atoms with van der Waals surface area (Å²) in [5.74, 6) is -0.814. The van der Waals surface area contributed by atoms with E-state index in [-0.39, 0.29) is 37.0 Å². The van der Waals surface area contributed by atoms with Crippen LogP contribution in [0.25, 0.3) is 22.9 Å². The number of hydrogen-bond acceptors (Lipinski definition) is 9. The summed E-state index contributed by atoms with van der Waals surface area (Å²) >= 11 is 6.38. The van der Waals surface area contributed by atoms with Gasteiger partial charge in [-0.1, -0.05) is 48.0 Å². The number of halogens is 1. The molecule has 2 amide bonds. The van der Waals surface area contributed by atoms with Crippen molar-refractivity contribution in [3.05, 3.63) is 82.9 Å². The Hall–Kier alpha value is -4.40. The van der Waals surface area contributed by atoms with E-state index >= 15 is 0 Å². The predicted octanol–water partition coefficient (Wildman–Crippen LogP) is 4.05. The Morgan fingerprint density at radius 1 is 1.16 bits per heavy atom. The first-order valence-electron chi connectivity index (χ1n) is 13.9. The summed E-state index contributed by atoms with van der Waals surface area (Å²) in [5, 5.41) is 15.4. The van der Waals surface area contributed by atoms with Crippen molar-refractivity contribution in [2.75, 3.05) is 25.3 Å². The Bertz CT molecular complexity index is 1710. The second kappa shape index (κ2) is 13.1. The maximum Gasteiger partial charge on any atom is 0.336 e. The summed E-state index contributed by atoms with van der Waals surface area (Å²) in [6, 6.07) is 11.9. The van der Waals surface area contributed by atoms with Gasteiger partial charge in [0.05, 0.1) is 24.5 Å². The molecule has 14 heteroatoms. The fourth-order valence-corrected chi connectivity index (χ4v) is 5.47. The lowest BCUT2D eigenvalue weighted by Crippen LogP contribution is -2.38. The van der Waals surface area contributed by atoms with Crippen LogP contribution in [-0.2, 0) is 25.6 Å². The first-order valence-corrected chi connectivity index (χ1v) is 14.3. The first-order chi connectivity index (χ1) is 21.4. The molecule has 2 aromatic carbocycles. The number of carbonyl (C=O) groups is 2. The van der Waals surface area contributed by atoms with Crippen LogP contribution in [0.3, 0.4) is 0 Å². The van der Waals surface area contributed by atoms with E-state index in [4.69, 9.17) is 30.5 Å². The number of rotatable bonds is 10. The molecule has 0 aliphatic carbocycles. The molecule has 0 bridgehead atoms. The zero-order chi connectivity index (χ0) is 30.6. The van der Waals surface area contributed by atoms with Crippen LogP contribution in [0, 0.1) is 0 Å². The number of amides is 2. The van der Waals surface area contributed by atoms with Crippen LogP contribution in [0.15, 0.2) is 61.2 Å². The lowest BCUT2D eigenvalue weighted by Gasteiger charge is -2.24. The van der Waals surface area contributed by atoms with Crippen LogP contribution >= 0.6 is 11.6 Å². The van der Waals surface area contributed by atoms with Crippen molar-refractivity contribution in [1.29, 1.82) is 0 Å². The number of hydrogen-bond donors (Lipinski definition) is 3. The van der Waals surface area contributed by atoms with E-state index < -0.39 is 24.2 Å². The van der Waals surface area contributed by atoms with Gasteiger partial charge in [0.2, 0.25) is 0 Å². The third-order valence-electron chi connectivity index (χ3n) is 7.34. The normalized spacial score (nSPS) is 20.2. The van der Waals surface area contributed by atoms with Crippen molar-refractivity contribution in [1.82, 2.24) is 24.8 Å². The molecular formula is C30H29ClN6O7. The number of urea groups is 1. The summed E-state index contributed by atoms with van der Waals surface area (Å²) in [7, 11) is 0. The van der Waals surface area contributed by atoms with Crippen molar-refractivity contribution in [3.63, 3.8) is 0 Å². The fraction of sp³-hybridized carbons (Fsp3) is 0.300. The summed E-state index contributed by atoms with van der Waals surface area (Å²) in [6.07, 6.45) is 4.98. The van der Waals surface area contributed by atoms with Gasteiger partial charge in [0, 0.05) is 17.1 Å². The van der Waals surface area contributed by atoms with Crippen LogP contribution < -0.4 is 10.6 Å². The molecule has 2 aromatic heterocycles. The molecule has 0 saturated carbocycles. The number of imidazole rings is 1. The second-order valence-corrected chi connectivity index (χ2v) is 10.4. The number of nitrogens with zero attached hydrogens (tertiary/aromatic N) is 4. The zero-order valence-electron chi connectivity index (χ0n) is 23.6. The number of para-hydroxylation sites is 1. The number of carbonyl (C=O) groups excluding carboxylic acids is 1. The summed E-state index contributed by atoms with van der Waals surface area (Å²) in [5.41, 5.74) is 2.92. The van der Waals surface area contributed by atoms with Crippen LogP contribution in [0.5, 0.6) is 0 Å². The zero-order valence-corrected chi connectivity index (χ0v) is 24.3. The highest BCUT2D eigenvalue weighted by Crippen LogP contribution is 2.32. The second-order valence-electron chi connectivity index (χ2n) is 10.0. The molecule has 6 rings (SSSR count). The molecule has 0 radical (unpaired) electrons. The number of benzene rings is 2. The van der Waals surface area contributed by atoms with Gasteiger partial charge < -0.3 is 29.4 Å². The largest absolute Gasteiger partial charge is 0.478 e. The highest BCUT2D eigenvalue weighted by Gasteiger charge is 2.46. The van der Waals surface area contributed by atoms with Crippen molar-refractivity contribution in [2.45, 2.75) is 37.9 Å². The molecule has 2 aliphatic rings. The molecule has 228 valence electrons. The van der Waals surface area contributed by atoms with E-state index in [2.05, 4.69) is 25.6 Å². The highest BCUT2D eigenvalue weighted by molar-refractivity contribution is 6.31. The molecule has 4 atom stereocenters. The van der Waals surface area contributed by atoms with E-state index in [0.29, 0.717) is 34.9 Å². The number of anilines is 1. The van der Waals surface area contributed by atoms with E-state index in [1.807, 2.05) is 43.3 Å². The van der Waals surface area contributed by atoms with Crippen LogP contribution in [0.2, 0.25) is 5.02 Å². The standard InChI is InChI=1S/C30H29ClN6O7/c1-2-32-30(40)36-27-24-28(34-14-33-27)37(15-35-24)21-9-4-3-6-17(21)10-11-22(25-26-23(13-42-25)43-16-44-26)41-12-19-18(29(38)39)7-5-8-20(19)31/h3-11,14-15,22-23,25-26H,2,12-13,16H2,1H3,(H,38,39)(H2,32,33,34,36,40). The molecule has 2 aliphatic heterocycles. The van der Waals surface area contributed by atoms with Gasteiger partial charge in [-0.25, -0.2) is 24.5 Å². The number of ether oxygens (including phenoxy) is 4. The molecule has 13 nitrogen and oxygen atoms in total. The van der Waals surface area contributed by atoms with Gasteiger partial charge in [0.1, 0.15) is 43.9 Å². The van der Waals surface area contributed by atoms with Gasteiger partial charge >= 0.3 is 12.0 Å². The van der Waals surface area contributed by atoms with Crippen molar-refractivity contribution < 1.29 is 33.6 Å². The molecule has 4 heterocycles. The van der Waals surface area contributed by atoms with Gasteiger partial charge in [-0.15, -0.1) is 0 Å². The number of aromatic nitrogens is 4. The smallest absolute Gasteiger partial charge is 0.336 e. The third kappa shape index (κ3) is 6.00. The Labute approximate surface area is 256 Å². The summed E-state index contributed by atoms with van der Waals surface area (Å²) < 4.78 is 25.6. The highest BCUT2D eigenvalue weighted by atomic mass is 35.5. The molecule has 2 fully saturated rings. The minimum atomic E-state index is -1.10. The van der Waals surface area contributed by atoms with Crippen LogP contribution in [0.4, 0.5) is 10.6 Å². The molecular weight excluding hydrogens is 592 g/mol. The predicted molar refractivity (Wildman–Crippen MR) is 160 cm³/mol. The monoisotopic (exact) mass is 620 g/mol. The quantitative estimate of drug-likeness (QED) is 0.236. The summed E-state index contributed by atoms with van der Waals surface area (Å²) in [6.45, 7) is 2.72. The lowest BCUT2D eigenvalue weighted by atomic mass is 10.0. The molecule has 4 aromatic rings. The van der Waals surface area contributed by atoms with Gasteiger partial charge in [-0.2, -0.15) is 0 Å². The molecule has 2 saturated heterocycles. The number of fused-ring (bicyclic) bond motifs is 2. The molecule has 4 unspecified atom stereocenters. The van der Waals surface area contributed by atoms with Gasteiger partial charge in [-0.05, 0) is 30.7 Å². The topological polar surface area (TPSA) is 159 Å². The van der Waals surface area contributed by atoms with Gasteiger partial charge in [-0.3, -0.25) is 9.88 Å². The Morgan fingerprint density at radius 2 is 2.02 bits per heavy atom. The minimum Gasteiger partial charge on any atom is -0.478 e. The first kappa shape index (κ1) is 29.7. The fourth-order valence-electron chi connectivity index (χ4n) is 5.25. The average molecular weight is 621 g/mol. The number of carboxylic acids is 1. The SMILES string of the molecule is CCNC(=O)Nc1ncnc2c1ncn2-c1ccccc1C=CC(OCc1c(Cl)cccc1C(=O)O)C1OCC2OCOC21. The third-order valence-corrected chi connectivity index (χ3v) is 7.70. The van der Waals surface area contributed by atoms with E-state index in [9.17, 15) is 14.7 Å². The average Bonchev–Trinajstić information content (AvgIpc) is 3.75. The Kier molecular flexibility index (Phi) is 8.82. The van der Waals surface area contributed by atoms with E-state index in [0.717, 1.165) is 11.3 Å². The summed E-state index contributed by atoms with van der Waals surface area (Å²) in [4.78, 5) is 37.1. The van der Waals surface area contributed by atoms with Crippen LogP contribution in [-0.4, -0.2) is 81.0 Å². The van der Waals surface area contributed by atoms with Gasteiger partial charge in [0.15, 0.2) is 17.0 Å².